The number of hydrogen-bond donors (Lipinski definition) is 1. The van der Waals surface area contributed by atoms with Crippen LogP contribution in [0.4, 0.5) is 11.6 Å². The van der Waals surface area contributed by atoms with E-state index in [9.17, 15) is 0 Å². The zero-order valence-electron chi connectivity index (χ0n) is 14.8. The van der Waals surface area contributed by atoms with E-state index in [1.807, 2.05) is 30.7 Å². The average molecular weight is 428 g/mol. The maximum absolute atomic E-state index is 6.08. The first-order valence-corrected chi connectivity index (χ1v) is 10.3. The number of thioether (sulfide) groups is 1. The highest BCUT2D eigenvalue weighted by Crippen LogP contribution is 2.25. The van der Waals surface area contributed by atoms with E-state index in [2.05, 4.69) is 32.5 Å². The van der Waals surface area contributed by atoms with E-state index in [1.54, 1.807) is 47.0 Å². The van der Waals surface area contributed by atoms with Crippen molar-refractivity contribution in [2.75, 3.05) is 11.6 Å². The van der Waals surface area contributed by atoms with Crippen LogP contribution in [0.1, 0.15) is 0 Å². The van der Waals surface area contributed by atoms with Gasteiger partial charge in [0.2, 0.25) is 5.95 Å². The third kappa shape index (κ3) is 4.30. The van der Waals surface area contributed by atoms with Gasteiger partial charge in [0.1, 0.15) is 0 Å². The third-order valence-corrected chi connectivity index (χ3v) is 5.17. The summed E-state index contributed by atoms with van der Waals surface area (Å²) in [5, 5.41) is 8.73. The second kappa shape index (κ2) is 8.22. The van der Waals surface area contributed by atoms with Gasteiger partial charge in [-0.25, -0.2) is 14.6 Å². The number of benzene rings is 2. The molecule has 5 nitrogen and oxygen atoms in total. The Kier molecular flexibility index (Phi) is 5.52. The Morgan fingerprint density at radius 2 is 1.75 bits per heavy atom. The minimum absolute atomic E-state index is 0.521. The van der Waals surface area contributed by atoms with E-state index in [1.165, 1.54) is 4.90 Å². The van der Waals surface area contributed by atoms with Gasteiger partial charge in [0.25, 0.3) is 0 Å². The van der Waals surface area contributed by atoms with Gasteiger partial charge >= 0.3 is 0 Å². The molecule has 0 radical (unpaired) electrons. The molecule has 0 unspecified atom stereocenters. The van der Waals surface area contributed by atoms with Crippen LogP contribution < -0.4 is 5.32 Å². The maximum atomic E-state index is 6.08. The van der Waals surface area contributed by atoms with E-state index >= 15 is 0 Å². The van der Waals surface area contributed by atoms with Crippen LogP contribution in [0.5, 0.6) is 0 Å². The highest BCUT2D eigenvalue weighted by Gasteiger charge is 2.08. The fraction of sp³-hybridized carbons (Fsp3) is 0.0500. The minimum Gasteiger partial charge on any atom is -0.324 e. The molecule has 28 heavy (non-hydrogen) atoms. The zero-order chi connectivity index (χ0) is 19.5. The van der Waals surface area contributed by atoms with E-state index in [0.29, 0.717) is 16.0 Å². The lowest BCUT2D eigenvalue weighted by atomic mass is 10.2. The van der Waals surface area contributed by atoms with Crippen LogP contribution in [0.15, 0.2) is 72.0 Å². The molecule has 0 saturated carbocycles. The number of halogens is 2. The van der Waals surface area contributed by atoms with Crippen molar-refractivity contribution >= 4 is 46.6 Å². The maximum Gasteiger partial charge on any atom is 0.227 e. The molecule has 4 rings (SSSR count). The van der Waals surface area contributed by atoms with Crippen LogP contribution in [-0.2, 0) is 0 Å². The molecular formula is C20H15Cl2N5S. The van der Waals surface area contributed by atoms with Crippen molar-refractivity contribution in [3.8, 4) is 16.9 Å². The molecule has 0 aliphatic carbocycles. The quantitative estimate of drug-likeness (QED) is 0.389. The first-order valence-electron chi connectivity index (χ1n) is 8.36. The van der Waals surface area contributed by atoms with Crippen LogP contribution in [0, 0.1) is 0 Å². The third-order valence-electron chi connectivity index (χ3n) is 3.99. The molecule has 2 heterocycles. The molecule has 0 amide bonds. The van der Waals surface area contributed by atoms with E-state index in [4.69, 9.17) is 23.2 Å². The van der Waals surface area contributed by atoms with Crippen LogP contribution in [0.2, 0.25) is 10.0 Å². The van der Waals surface area contributed by atoms with Gasteiger partial charge in [0.15, 0.2) is 0 Å². The van der Waals surface area contributed by atoms with Gasteiger partial charge in [-0.15, -0.1) is 11.8 Å². The number of anilines is 2. The summed E-state index contributed by atoms with van der Waals surface area (Å²) >= 11 is 13.9. The molecule has 4 aromatic rings. The van der Waals surface area contributed by atoms with Crippen molar-refractivity contribution in [3.63, 3.8) is 0 Å². The van der Waals surface area contributed by atoms with E-state index in [-0.39, 0.29) is 0 Å². The summed E-state index contributed by atoms with van der Waals surface area (Å²) in [4.78, 5) is 10.1. The zero-order valence-corrected chi connectivity index (χ0v) is 17.1. The van der Waals surface area contributed by atoms with Crippen LogP contribution in [0.25, 0.3) is 16.9 Å². The van der Waals surface area contributed by atoms with Gasteiger partial charge in [-0.3, -0.25) is 0 Å². The van der Waals surface area contributed by atoms with Crippen molar-refractivity contribution in [2.24, 2.45) is 0 Å². The summed E-state index contributed by atoms with van der Waals surface area (Å²) in [6, 6.07) is 15.2. The van der Waals surface area contributed by atoms with Crippen molar-refractivity contribution < 1.29 is 0 Å². The molecule has 8 heteroatoms. The van der Waals surface area contributed by atoms with Crippen molar-refractivity contribution in [2.45, 2.75) is 4.90 Å². The monoisotopic (exact) mass is 427 g/mol. The summed E-state index contributed by atoms with van der Waals surface area (Å²) in [5.74, 6) is 0.521. The van der Waals surface area contributed by atoms with Crippen LogP contribution in [0.3, 0.4) is 0 Å². The average Bonchev–Trinajstić information content (AvgIpc) is 3.18. The molecule has 2 aromatic carbocycles. The van der Waals surface area contributed by atoms with Gasteiger partial charge < -0.3 is 5.32 Å². The number of nitrogens with one attached hydrogen (secondary N) is 1. The Morgan fingerprint density at radius 3 is 2.46 bits per heavy atom. The number of aromatic nitrogens is 4. The molecule has 0 spiro atoms. The summed E-state index contributed by atoms with van der Waals surface area (Å²) in [5.41, 5.74) is 3.33. The van der Waals surface area contributed by atoms with E-state index in [0.717, 1.165) is 22.6 Å². The lowest BCUT2D eigenvalue weighted by Gasteiger charge is -2.06. The van der Waals surface area contributed by atoms with Gasteiger partial charge in [-0.1, -0.05) is 23.2 Å². The number of nitrogens with zero attached hydrogens (tertiary/aromatic N) is 4. The smallest absolute Gasteiger partial charge is 0.227 e. The second-order valence-corrected chi connectivity index (χ2v) is 7.67. The predicted molar refractivity (Wildman–Crippen MR) is 116 cm³/mol. The molecule has 140 valence electrons. The molecular weight excluding hydrogens is 413 g/mol. The molecule has 0 bridgehead atoms. The Morgan fingerprint density at radius 1 is 1.00 bits per heavy atom. The predicted octanol–water partition coefficient (Wildman–Crippen LogP) is 6.10. The van der Waals surface area contributed by atoms with Crippen molar-refractivity contribution in [1.29, 1.82) is 0 Å². The lowest BCUT2D eigenvalue weighted by Crippen LogP contribution is -1.97. The number of hydrogen-bond acceptors (Lipinski definition) is 5. The Labute approximate surface area is 176 Å². The number of rotatable bonds is 5. The van der Waals surface area contributed by atoms with Crippen molar-refractivity contribution in [3.05, 3.63) is 77.2 Å². The standard InChI is InChI=1S/C20H15Cl2N5S/c1-28-18-4-2-16(3-5-18)25-20-23-7-6-19(26-20)13-11-24-27(12-13)17-9-14(21)8-15(22)10-17/h2-12H,1H3,(H,23,25,26). The van der Waals surface area contributed by atoms with Gasteiger partial charge in [-0.05, 0) is 54.8 Å². The molecule has 0 atom stereocenters. The minimum atomic E-state index is 0.521. The first-order chi connectivity index (χ1) is 13.6. The van der Waals surface area contributed by atoms with Gasteiger partial charge in [-0.2, -0.15) is 5.10 Å². The largest absolute Gasteiger partial charge is 0.324 e. The molecule has 0 saturated heterocycles. The summed E-state index contributed by atoms with van der Waals surface area (Å²) in [6.45, 7) is 0. The van der Waals surface area contributed by atoms with E-state index < -0.39 is 0 Å². The van der Waals surface area contributed by atoms with Gasteiger partial charge in [0.05, 0.1) is 17.6 Å². The molecule has 1 N–H and O–H groups in total. The molecule has 0 aliphatic rings. The highest BCUT2D eigenvalue weighted by molar-refractivity contribution is 7.98. The SMILES string of the molecule is CSc1ccc(Nc2nccc(-c3cnn(-c4cc(Cl)cc(Cl)c4)c3)n2)cc1. The topological polar surface area (TPSA) is 55.6 Å². The van der Waals surface area contributed by atoms with Crippen molar-refractivity contribution in [1.82, 2.24) is 19.7 Å². The van der Waals surface area contributed by atoms with Crippen LogP contribution >= 0.6 is 35.0 Å². The molecule has 0 aliphatic heterocycles. The summed E-state index contributed by atoms with van der Waals surface area (Å²) < 4.78 is 1.71. The molecule has 0 fully saturated rings. The molecule has 2 aromatic heterocycles. The Bertz CT molecular complexity index is 1090. The summed E-state index contributed by atoms with van der Waals surface area (Å²) in [6.07, 6.45) is 7.39. The Hall–Kier alpha value is -2.54. The fourth-order valence-corrected chi connectivity index (χ4v) is 3.57. The highest BCUT2D eigenvalue weighted by atomic mass is 35.5. The fourth-order valence-electron chi connectivity index (χ4n) is 2.65. The van der Waals surface area contributed by atoms with Crippen LogP contribution in [-0.4, -0.2) is 26.0 Å². The Balaban J connectivity index is 1.58. The lowest BCUT2D eigenvalue weighted by molar-refractivity contribution is 0.881. The normalized spacial score (nSPS) is 10.8. The second-order valence-electron chi connectivity index (χ2n) is 5.92. The first kappa shape index (κ1) is 18.8. The van der Waals surface area contributed by atoms with Gasteiger partial charge in [0, 0.05) is 38.6 Å². The summed E-state index contributed by atoms with van der Waals surface area (Å²) in [7, 11) is 0.